The molecule has 2 heterocycles. The van der Waals surface area contributed by atoms with Crippen molar-refractivity contribution in [1.29, 1.82) is 0 Å². The van der Waals surface area contributed by atoms with Crippen LogP contribution >= 0.6 is 0 Å². The highest BCUT2D eigenvalue weighted by Crippen LogP contribution is 2.30. The van der Waals surface area contributed by atoms with Crippen LogP contribution in [0.2, 0.25) is 0 Å². The van der Waals surface area contributed by atoms with Gasteiger partial charge in [-0.15, -0.1) is 0 Å². The monoisotopic (exact) mass is 1440 g/mol. The fourth-order valence-electron chi connectivity index (χ4n) is 9.51. The number of benzene rings is 9. The van der Waals surface area contributed by atoms with E-state index < -0.39 is 0 Å². The summed E-state index contributed by atoms with van der Waals surface area (Å²) in [6.07, 6.45) is 29.1. The molecular weight excluding hydrogens is 1350 g/mol. The van der Waals surface area contributed by atoms with E-state index in [0.717, 1.165) is 56.3 Å². The van der Waals surface area contributed by atoms with Gasteiger partial charge >= 0.3 is 0 Å². The van der Waals surface area contributed by atoms with Gasteiger partial charge in [-0.3, -0.25) is 9.97 Å². The summed E-state index contributed by atoms with van der Waals surface area (Å²) < 4.78 is 42.8. The number of hydrogen-bond donors (Lipinski definition) is 1. The number of allylic oxidation sites excluding steroid dienone is 4. The van der Waals surface area contributed by atoms with Crippen LogP contribution in [0.25, 0.3) is 78.1 Å². The SMILES string of the molecule is COC#CC#CC#COC.COC#Cc1ccc(-c2ccc(C#COC)cc2)cc1.COC#Cc1ccc(-c2ccc(C#COC)cn2)nc1.COC/C=C/C=C/C=C/CO.COc1ccc(-c2ccc(-c3ccc(OC)cc3)cc2)cc1.Cc1ccc(-c2ccc(-c3ccc(-c4ccc(C)cc4)cc3)cc2)cc1. The normalized spacial score (nSPS) is 9.50. The molecule has 11 aromatic rings. The summed E-state index contributed by atoms with van der Waals surface area (Å²) in [6.45, 7) is 4.96. The van der Waals surface area contributed by atoms with Crippen LogP contribution in [-0.2, 0) is 33.2 Å². The number of nitrogens with zero attached hydrogens (tertiary/aromatic N) is 2. The van der Waals surface area contributed by atoms with E-state index in [-0.39, 0.29) is 6.61 Å². The van der Waals surface area contributed by atoms with E-state index in [9.17, 15) is 0 Å². The average Bonchev–Trinajstić information content (AvgIpc) is 0.841. The second-order valence-electron chi connectivity index (χ2n) is 22.7. The van der Waals surface area contributed by atoms with E-state index in [1.165, 1.54) is 95.2 Å². The van der Waals surface area contributed by atoms with Crippen LogP contribution in [0.4, 0.5) is 0 Å². The van der Waals surface area contributed by atoms with Gasteiger partial charge in [0.15, 0.2) is 0 Å². The summed E-state index contributed by atoms with van der Waals surface area (Å²) in [5, 5.41) is 8.35. The van der Waals surface area contributed by atoms with Gasteiger partial charge in [0, 0.05) is 65.4 Å². The van der Waals surface area contributed by atoms with Crippen molar-refractivity contribution in [3.63, 3.8) is 0 Å². The van der Waals surface area contributed by atoms with E-state index in [1.807, 2.05) is 121 Å². The number of aryl methyl sites for hydroxylation is 2. The molecule has 11 rings (SSSR count). The first-order valence-corrected chi connectivity index (χ1v) is 34.1. The second kappa shape index (κ2) is 50.2. The summed E-state index contributed by atoms with van der Waals surface area (Å²) in [5.41, 5.74) is 22.1. The fourth-order valence-corrected chi connectivity index (χ4v) is 9.51. The third kappa shape index (κ3) is 31.3. The number of aliphatic hydroxyl groups is 1. The quantitative estimate of drug-likeness (QED) is 0.0822. The molecule has 544 valence electrons. The lowest BCUT2D eigenvalue weighted by molar-refractivity contribution is 0.234. The van der Waals surface area contributed by atoms with E-state index >= 15 is 0 Å². The third-order valence-electron chi connectivity index (χ3n) is 15.2. The molecule has 0 aliphatic heterocycles. The maximum Gasteiger partial charge on any atom is 0.124 e. The van der Waals surface area contributed by atoms with Crippen LogP contribution in [0.15, 0.2) is 292 Å². The van der Waals surface area contributed by atoms with Gasteiger partial charge in [0.2, 0.25) is 0 Å². The summed E-state index contributed by atoms with van der Waals surface area (Å²) >= 11 is 0. The van der Waals surface area contributed by atoms with Gasteiger partial charge < -0.3 is 47.7 Å². The minimum atomic E-state index is 0.0894. The molecule has 2 aromatic heterocycles. The van der Waals surface area contributed by atoms with Crippen LogP contribution in [-0.4, -0.2) is 92.3 Å². The Morgan fingerprint density at radius 2 is 0.523 bits per heavy atom. The van der Waals surface area contributed by atoms with Gasteiger partial charge in [0.1, 0.15) is 48.1 Å². The zero-order valence-corrected chi connectivity index (χ0v) is 63.1. The Morgan fingerprint density at radius 3 is 0.771 bits per heavy atom. The van der Waals surface area contributed by atoms with Crippen molar-refractivity contribution in [3.8, 4) is 174 Å². The first-order chi connectivity index (χ1) is 53.5. The molecule has 9 aromatic carbocycles. The largest absolute Gasteiger partial charge is 0.497 e. The van der Waals surface area contributed by atoms with Gasteiger partial charge in [0.05, 0.1) is 81.5 Å². The zero-order chi connectivity index (χ0) is 77.7. The van der Waals surface area contributed by atoms with E-state index in [4.69, 9.17) is 28.8 Å². The molecule has 0 amide bonds. The maximum absolute atomic E-state index is 8.35. The summed E-state index contributed by atoms with van der Waals surface area (Å²) in [4.78, 5) is 8.62. The van der Waals surface area contributed by atoms with Crippen molar-refractivity contribution in [1.82, 2.24) is 9.97 Å². The fraction of sp³-hybridized carbons (Fsp3) is 0.134. The number of rotatable bonds is 14. The number of hydrogen-bond acceptors (Lipinski definition) is 12. The van der Waals surface area contributed by atoms with E-state index in [0.29, 0.717) is 6.61 Å². The van der Waals surface area contributed by atoms with Crippen LogP contribution < -0.4 is 9.47 Å². The number of ether oxygens (including phenoxy) is 9. The van der Waals surface area contributed by atoms with Gasteiger partial charge in [-0.1, -0.05) is 217 Å². The average molecular weight is 1440 g/mol. The summed E-state index contributed by atoms with van der Waals surface area (Å²) in [6, 6.07) is 83.3. The Balaban J connectivity index is 0.000000210. The summed E-state index contributed by atoms with van der Waals surface area (Å²) in [7, 11) is 14.1. The van der Waals surface area contributed by atoms with Crippen LogP contribution in [0, 0.1) is 97.8 Å². The minimum Gasteiger partial charge on any atom is -0.497 e. The van der Waals surface area contributed by atoms with Crippen molar-refractivity contribution in [3.05, 3.63) is 325 Å². The number of aromatic nitrogens is 2. The molecule has 109 heavy (non-hydrogen) atoms. The topological polar surface area (TPSA) is 129 Å². The number of aliphatic hydroxyl groups excluding tert-OH is 1. The maximum atomic E-state index is 8.35. The number of methoxy groups -OCH3 is 9. The second-order valence-corrected chi connectivity index (χ2v) is 22.7. The molecule has 0 fully saturated rings. The highest BCUT2D eigenvalue weighted by Gasteiger charge is 2.06. The molecule has 1 N–H and O–H groups in total. The molecule has 0 saturated carbocycles. The molecule has 0 radical (unpaired) electrons. The highest BCUT2D eigenvalue weighted by molar-refractivity contribution is 5.75. The molecule has 0 atom stereocenters. The zero-order valence-electron chi connectivity index (χ0n) is 63.1. The molecule has 0 aliphatic rings. The Morgan fingerprint density at radius 1 is 0.275 bits per heavy atom. The smallest absolute Gasteiger partial charge is 0.124 e. The predicted octanol–water partition coefficient (Wildman–Crippen LogP) is 19.2. The summed E-state index contributed by atoms with van der Waals surface area (Å²) in [5.74, 6) is 22.9. The first-order valence-electron chi connectivity index (χ1n) is 34.1. The van der Waals surface area contributed by atoms with Crippen molar-refractivity contribution >= 4 is 0 Å². The lowest BCUT2D eigenvalue weighted by atomic mass is 9.97. The van der Waals surface area contributed by atoms with E-state index in [2.05, 4.69) is 272 Å². The lowest BCUT2D eigenvalue weighted by Crippen LogP contribution is -1.89. The van der Waals surface area contributed by atoms with Gasteiger partial charge in [-0.05, 0) is 177 Å². The molecule has 12 nitrogen and oxygen atoms in total. The first kappa shape index (κ1) is 83.7. The molecule has 0 saturated heterocycles. The van der Waals surface area contributed by atoms with Crippen molar-refractivity contribution < 1.29 is 47.7 Å². The van der Waals surface area contributed by atoms with Crippen LogP contribution in [0.5, 0.6) is 11.5 Å². The molecule has 0 bridgehead atoms. The standard InChI is InChI=1S/C26H22.C20H18O2.C18H14O2.C16H12N2O2.C9H14O2.C8H6O2/c1-19-3-7-21(8-4-19)23-11-15-25(16-12-23)26-17-13-24(14-18-26)22-9-5-20(2)6-10-22;1-21-19-11-7-17(8-12-19)15-3-5-16(6-4-15)18-9-13-20(22-2)14-10-18;1-19-13-11-15-3-7-17(8-4-15)18-9-5-16(6-10-18)12-14-20-2;1-19-9-7-13-3-5-15(17-11-13)16-6-4-14(12-18-16)8-10-20-2;1-11-9-7-5-3-2-4-6-8-10;1-9-7-5-3-4-6-8-10-2/h3-18H,1-2H3;3-14H,1-2H3;3-10H,1-2H3;3-6,11-12H,1-2H3;2-7,10H,8-9H2,1H3;1-2H3/b;;;;3-2+,6-4+,7-5+;. The Labute approximate surface area is 643 Å². The van der Waals surface area contributed by atoms with E-state index in [1.54, 1.807) is 60.1 Å². The van der Waals surface area contributed by atoms with Crippen molar-refractivity contribution in [2.75, 3.05) is 77.2 Å². The Kier molecular flexibility index (Phi) is 38.5. The predicted molar refractivity (Wildman–Crippen MR) is 441 cm³/mol. The third-order valence-corrected chi connectivity index (χ3v) is 15.2. The van der Waals surface area contributed by atoms with Gasteiger partial charge in [-0.2, -0.15) is 0 Å². The Bertz CT molecular complexity index is 4640. The van der Waals surface area contributed by atoms with Crippen molar-refractivity contribution in [2.24, 2.45) is 0 Å². The molecule has 0 spiro atoms. The van der Waals surface area contributed by atoms with Crippen LogP contribution in [0.3, 0.4) is 0 Å². The molecule has 0 aliphatic carbocycles. The number of pyridine rings is 2. The molecular formula is C97H86N2O10. The Hall–Kier alpha value is -14.3. The van der Waals surface area contributed by atoms with Crippen LogP contribution in [0.1, 0.15) is 33.4 Å². The minimum absolute atomic E-state index is 0.0894. The lowest BCUT2D eigenvalue weighted by Gasteiger charge is -2.07. The van der Waals surface area contributed by atoms with Gasteiger partial charge in [-0.25, -0.2) is 0 Å². The highest BCUT2D eigenvalue weighted by atomic mass is 16.5. The van der Waals surface area contributed by atoms with Gasteiger partial charge in [0.25, 0.3) is 0 Å². The van der Waals surface area contributed by atoms with Crippen molar-refractivity contribution in [2.45, 2.75) is 13.8 Å². The molecule has 12 heteroatoms. The molecule has 0 unspecified atom stereocenters.